The Bertz CT molecular complexity index is 1780. The number of benzene rings is 1. The third-order valence-corrected chi connectivity index (χ3v) is 11.6. The van der Waals surface area contributed by atoms with E-state index in [0.29, 0.717) is 18.5 Å². The van der Waals surface area contributed by atoms with Crippen molar-refractivity contribution in [1.29, 1.82) is 5.26 Å². The van der Waals surface area contributed by atoms with Gasteiger partial charge in [0.2, 0.25) is 11.4 Å². The first-order chi connectivity index (χ1) is 22.1. The van der Waals surface area contributed by atoms with Crippen molar-refractivity contribution in [2.24, 2.45) is 28.6 Å². The highest BCUT2D eigenvalue weighted by molar-refractivity contribution is 5.91. The van der Waals surface area contributed by atoms with E-state index in [0.717, 1.165) is 24.1 Å². The van der Waals surface area contributed by atoms with Gasteiger partial charge in [-0.2, -0.15) is 10.4 Å². The molecule has 7 atom stereocenters. The van der Waals surface area contributed by atoms with Crippen LogP contribution in [0.2, 0.25) is 0 Å². The topological polar surface area (TPSA) is 148 Å². The summed E-state index contributed by atoms with van der Waals surface area (Å²) in [5.74, 6) is -2.22. The number of fused-ring (bicyclic) bond motifs is 6. The first-order valence-corrected chi connectivity index (χ1v) is 15.7. The Hall–Kier alpha value is -4.27. The molecule has 1 aromatic carbocycles. The maximum Gasteiger partial charge on any atom is 0.375 e. The molecule has 46 heavy (non-hydrogen) atoms. The van der Waals surface area contributed by atoms with Crippen molar-refractivity contribution in [3.8, 4) is 11.8 Å². The van der Waals surface area contributed by atoms with Crippen molar-refractivity contribution in [1.82, 2.24) is 9.78 Å². The summed E-state index contributed by atoms with van der Waals surface area (Å²) in [6.45, 7) is 3.22. The standard InChI is InChI=1S/C35H36FN3O7/c1-33-16-21-18-38-39(23-6-8-26(36)20(14-23)19-40)27(21)15-22(33)5-7-24-25-9-10-35(32(43)45-13-11-37,34(25,2)17-28(41)30(24)33)46-31(42)29-4-3-12-44-29/h3-4,6,8,12,14-15,18,24-25,28,30,40-41H,5,7,9-10,13,16-17,19H2,1-2H3/t24-,25-,28-,30+,33-,34-,35-/m0/s1. The molecule has 0 radical (unpaired) electrons. The van der Waals surface area contributed by atoms with Gasteiger partial charge in [0.25, 0.3) is 0 Å². The molecule has 240 valence electrons. The van der Waals surface area contributed by atoms with Crippen LogP contribution in [0.15, 0.2) is 52.8 Å². The normalized spacial score (nSPS) is 32.7. The van der Waals surface area contributed by atoms with Gasteiger partial charge in [-0.05, 0) is 104 Å². The molecule has 0 bridgehead atoms. The number of rotatable bonds is 6. The molecular formula is C35H36FN3O7. The molecule has 2 N–H and O–H groups in total. The van der Waals surface area contributed by atoms with Crippen molar-refractivity contribution in [2.75, 3.05) is 6.61 Å². The van der Waals surface area contributed by atoms with Gasteiger partial charge in [0.15, 0.2) is 6.61 Å². The summed E-state index contributed by atoms with van der Waals surface area (Å²) in [5, 5.41) is 35.5. The third kappa shape index (κ3) is 4.30. The number of carbonyl (C=O) groups excluding carboxylic acids is 2. The van der Waals surface area contributed by atoms with Crippen molar-refractivity contribution in [3.05, 3.63) is 76.8 Å². The van der Waals surface area contributed by atoms with E-state index in [1.54, 1.807) is 22.9 Å². The highest BCUT2D eigenvalue weighted by atomic mass is 19.1. The maximum atomic E-state index is 14.1. The number of allylic oxidation sites excluding steroid dienone is 1. The van der Waals surface area contributed by atoms with Crippen LogP contribution in [0.5, 0.6) is 0 Å². The van der Waals surface area contributed by atoms with E-state index in [1.165, 1.54) is 24.0 Å². The van der Waals surface area contributed by atoms with E-state index in [1.807, 2.05) is 19.2 Å². The number of nitriles is 1. The molecule has 10 nitrogen and oxygen atoms in total. The lowest BCUT2D eigenvalue weighted by Gasteiger charge is -2.60. The van der Waals surface area contributed by atoms with E-state index in [-0.39, 0.29) is 47.3 Å². The Balaban J connectivity index is 1.22. The van der Waals surface area contributed by atoms with E-state index in [4.69, 9.17) is 19.2 Å². The highest BCUT2D eigenvalue weighted by Gasteiger charge is 2.71. The van der Waals surface area contributed by atoms with Crippen LogP contribution in [-0.2, 0) is 27.3 Å². The van der Waals surface area contributed by atoms with Crippen molar-refractivity contribution >= 4 is 18.0 Å². The zero-order valence-electron chi connectivity index (χ0n) is 25.7. The summed E-state index contributed by atoms with van der Waals surface area (Å²) >= 11 is 0. The van der Waals surface area contributed by atoms with Gasteiger partial charge in [0, 0.05) is 11.0 Å². The van der Waals surface area contributed by atoms with Gasteiger partial charge in [-0.15, -0.1) is 0 Å². The second-order valence-electron chi connectivity index (χ2n) is 13.7. The first-order valence-electron chi connectivity index (χ1n) is 15.7. The average molecular weight is 630 g/mol. The Kier molecular flexibility index (Phi) is 7.21. The molecule has 0 amide bonds. The number of halogens is 1. The smallest absolute Gasteiger partial charge is 0.375 e. The van der Waals surface area contributed by atoms with Crippen LogP contribution in [0.1, 0.15) is 73.3 Å². The minimum atomic E-state index is -1.69. The number of carbonyl (C=O) groups is 2. The fourth-order valence-corrected chi connectivity index (χ4v) is 9.55. The second kappa shape index (κ2) is 10.9. The quantitative estimate of drug-likeness (QED) is 0.363. The van der Waals surface area contributed by atoms with Crippen molar-refractivity contribution in [3.63, 3.8) is 0 Å². The highest BCUT2D eigenvalue weighted by Crippen LogP contribution is 2.68. The molecule has 4 aliphatic rings. The van der Waals surface area contributed by atoms with Crippen LogP contribution in [-0.4, -0.2) is 50.2 Å². The number of hydrogen-bond acceptors (Lipinski definition) is 9. The number of esters is 2. The van der Waals surface area contributed by atoms with Gasteiger partial charge in [-0.3, -0.25) is 0 Å². The Morgan fingerprint density at radius 3 is 2.83 bits per heavy atom. The minimum Gasteiger partial charge on any atom is -0.457 e. The monoisotopic (exact) mass is 629 g/mol. The van der Waals surface area contributed by atoms with E-state index in [9.17, 15) is 24.2 Å². The fraction of sp³-hybridized carbons (Fsp3) is 0.486. The van der Waals surface area contributed by atoms with E-state index >= 15 is 0 Å². The number of furan rings is 1. The number of hydrogen-bond donors (Lipinski definition) is 2. The SMILES string of the molecule is C[C@]12Cc3cnn(-c4ccc(F)c(CO)c4)c3C=C1CC[C@@H]1[C@@H]2[C@@H](O)C[C@@]2(C)[C@H]1CC[C@]2(OC(=O)c1ccco1)C(=O)OCC#N. The zero-order valence-corrected chi connectivity index (χ0v) is 25.7. The third-order valence-electron chi connectivity index (χ3n) is 11.6. The molecular weight excluding hydrogens is 593 g/mol. The lowest BCUT2D eigenvalue weighted by molar-refractivity contribution is -0.198. The van der Waals surface area contributed by atoms with Crippen LogP contribution in [0.25, 0.3) is 11.8 Å². The molecule has 0 spiro atoms. The van der Waals surface area contributed by atoms with Crippen molar-refractivity contribution < 1.29 is 38.1 Å². The maximum absolute atomic E-state index is 14.1. The zero-order chi connectivity index (χ0) is 32.4. The molecule has 3 fully saturated rings. The van der Waals surface area contributed by atoms with Crippen LogP contribution in [0, 0.1) is 45.7 Å². The molecule has 4 aliphatic carbocycles. The molecule has 11 heteroatoms. The Labute approximate surface area is 265 Å². The number of aromatic nitrogens is 2. The van der Waals surface area contributed by atoms with Gasteiger partial charge >= 0.3 is 11.9 Å². The lowest BCUT2D eigenvalue weighted by atomic mass is 9.45. The van der Waals surface area contributed by atoms with Crippen LogP contribution in [0.3, 0.4) is 0 Å². The summed E-state index contributed by atoms with van der Waals surface area (Å²) in [5.41, 5.74) is 0.949. The Morgan fingerprint density at radius 1 is 1.26 bits per heavy atom. The number of ether oxygens (including phenoxy) is 2. The minimum absolute atomic E-state index is 0.0321. The number of nitrogens with zero attached hydrogens (tertiary/aromatic N) is 3. The van der Waals surface area contributed by atoms with Gasteiger partial charge in [0.1, 0.15) is 11.9 Å². The predicted octanol–water partition coefficient (Wildman–Crippen LogP) is 4.91. The molecule has 3 aromatic rings. The van der Waals surface area contributed by atoms with Crippen LogP contribution in [0.4, 0.5) is 4.39 Å². The van der Waals surface area contributed by atoms with E-state index in [2.05, 4.69) is 18.1 Å². The fourth-order valence-electron chi connectivity index (χ4n) is 9.55. The summed E-state index contributed by atoms with van der Waals surface area (Å²) < 4.78 is 32.6. The summed E-state index contributed by atoms with van der Waals surface area (Å²) in [4.78, 5) is 27.0. The molecule has 0 unspecified atom stereocenters. The van der Waals surface area contributed by atoms with Gasteiger partial charge < -0.3 is 24.1 Å². The van der Waals surface area contributed by atoms with Crippen LogP contribution >= 0.6 is 0 Å². The van der Waals surface area contributed by atoms with E-state index < -0.39 is 48.1 Å². The number of aliphatic hydroxyl groups excluding tert-OH is 2. The molecule has 0 aliphatic heterocycles. The summed E-state index contributed by atoms with van der Waals surface area (Å²) in [7, 11) is 0. The summed E-state index contributed by atoms with van der Waals surface area (Å²) in [6, 6.07) is 9.43. The molecule has 2 aromatic heterocycles. The largest absolute Gasteiger partial charge is 0.457 e. The average Bonchev–Trinajstić information content (AvgIpc) is 3.77. The van der Waals surface area contributed by atoms with Gasteiger partial charge in [-0.1, -0.05) is 19.4 Å². The predicted molar refractivity (Wildman–Crippen MR) is 160 cm³/mol. The molecule has 7 rings (SSSR count). The van der Waals surface area contributed by atoms with Gasteiger partial charge in [-0.25, -0.2) is 18.7 Å². The van der Waals surface area contributed by atoms with Crippen LogP contribution < -0.4 is 0 Å². The second-order valence-corrected chi connectivity index (χ2v) is 13.7. The number of aliphatic hydroxyl groups is 2. The molecule has 3 saturated carbocycles. The van der Waals surface area contributed by atoms with Crippen molar-refractivity contribution in [2.45, 2.75) is 70.7 Å². The first kappa shape index (κ1) is 30.4. The Morgan fingerprint density at radius 2 is 2.09 bits per heavy atom. The summed E-state index contributed by atoms with van der Waals surface area (Å²) in [6.07, 6.45) is 7.70. The van der Waals surface area contributed by atoms with Gasteiger partial charge in [0.05, 0.1) is 36.6 Å². The molecule has 2 heterocycles. The molecule has 0 saturated heterocycles. The lowest BCUT2D eigenvalue weighted by Crippen LogP contribution is -2.63.